The molecule has 23 heavy (non-hydrogen) atoms. The topological polar surface area (TPSA) is 96.6 Å². The SMILES string of the molecule is COCC[C@H](CO)NC(=O)Nc1cc(-c2cccc(F)c2)on1. The minimum absolute atomic E-state index is 0.185. The van der Waals surface area contributed by atoms with Crippen LogP contribution >= 0.6 is 0 Å². The molecular weight excluding hydrogens is 305 g/mol. The molecule has 1 atom stereocenters. The van der Waals surface area contributed by atoms with Crippen LogP contribution in [0.4, 0.5) is 15.0 Å². The van der Waals surface area contributed by atoms with E-state index in [1.165, 1.54) is 25.3 Å². The minimum atomic E-state index is -0.528. The van der Waals surface area contributed by atoms with Crippen LogP contribution in [0.25, 0.3) is 11.3 Å². The van der Waals surface area contributed by atoms with E-state index in [2.05, 4.69) is 15.8 Å². The molecule has 2 rings (SSSR count). The highest BCUT2D eigenvalue weighted by atomic mass is 19.1. The van der Waals surface area contributed by atoms with Crippen molar-refractivity contribution >= 4 is 11.8 Å². The van der Waals surface area contributed by atoms with Crippen LogP contribution in [0.2, 0.25) is 0 Å². The third kappa shape index (κ3) is 5.04. The van der Waals surface area contributed by atoms with Gasteiger partial charge in [0.05, 0.1) is 12.6 Å². The fraction of sp³-hybridized carbons (Fsp3) is 0.333. The van der Waals surface area contributed by atoms with E-state index >= 15 is 0 Å². The summed E-state index contributed by atoms with van der Waals surface area (Å²) in [6.07, 6.45) is 0.480. The van der Waals surface area contributed by atoms with Gasteiger partial charge in [-0.3, -0.25) is 5.32 Å². The number of benzene rings is 1. The van der Waals surface area contributed by atoms with Crippen molar-refractivity contribution in [3.05, 3.63) is 36.1 Å². The van der Waals surface area contributed by atoms with Gasteiger partial charge in [-0.1, -0.05) is 17.3 Å². The van der Waals surface area contributed by atoms with E-state index in [-0.39, 0.29) is 12.4 Å². The van der Waals surface area contributed by atoms with Crippen LogP contribution in [0.5, 0.6) is 0 Å². The van der Waals surface area contributed by atoms with Gasteiger partial charge < -0.3 is 19.7 Å². The number of aliphatic hydroxyl groups excluding tert-OH is 1. The first-order chi connectivity index (χ1) is 11.1. The molecule has 0 aliphatic carbocycles. The lowest BCUT2D eigenvalue weighted by Crippen LogP contribution is -2.40. The van der Waals surface area contributed by atoms with E-state index < -0.39 is 17.9 Å². The lowest BCUT2D eigenvalue weighted by Gasteiger charge is -2.15. The minimum Gasteiger partial charge on any atom is -0.394 e. The van der Waals surface area contributed by atoms with E-state index in [9.17, 15) is 14.3 Å². The fourth-order valence-corrected chi connectivity index (χ4v) is 1.92. The molecule has 124 valence electrons. The molecule has 0 aliphatic rings. The summed E-state index contributed by atoms with van der Waals surface area (Å²) in [7, 11) is 1.54. The monoisotopic (exact) mass is 323 g/mol. The molecule has 2 amide bonds. The molecule has 2 aromatic rings. The average Bonchev–Trinajstić information content (AvgIpc) is 2.99. The van der Waals surface area contributed by atoms with Gasteiger partial charge in [0.25, 0.3) is 0 Å². The molecule has 1 aromatic carbocycles. The number of methoxy groups -OCH3 is 1. The van der Waals surface area contributed by atoms with Crippen molar-refractivity contribution in [3.63, 3.8) is 0 Å². The van der Waals surface area contributed by atoms with Crippen molar-refractivity contribution in [2.75, 3.05) is 25.6 Å². The lowest BCUT2D eigenvalue weighted by atomic mass is 10.2. The molecule has 0 radical (unpaired) electrons. The van der Waals surface area contributed by atoms with Gasteiger partial charge >= 0.3 is 6.03 Å². The second-order valence-electron chi connectivity index (χ2n) is 4.85. The summed E-state index contributed by atoms with van der Waals surface area (Å²) in [6.45, 7) is 0.212. The number of carbonyl (C=O) groups excluding carboxylic acids is 1. The van der Waals surface area contributed by atoms with Gasteiger partial charge in [0.2, 0.25) is 0 Å². The smallest absolute Gasteiger partial charge is 0.320 e. The van der Waals surface area contributed by atoms with Crippen molar-refractivity contribution in [2.45, 2.75) is 12.5 Å². The zero-order chi connectivity index (χ0) is 16.7. The Morgan fingerprint density at radius 1 is 1.48 bits per heavy atom. The first-order valence-corrected chi connectivity index (χ1v) is 7.02. The number of rotatable bonds is 7. The number of urea groups is 1. The van der Waals surface area contributed by atoms with E-state index in [4.69, 9.17) is 9.26 Å². The van der Waals surface area contributed by atoms with Crippen LogP contribution in [0.1, 0.15) is 6.42 Å². The first-order valence-electron chi connectivity index (χ1n) is 7.02. The van der Waals surface area contributed by atoms with E-state index in [1.54, 1.807) is 12.1 Å². The summed E-state index contributed by atoms with van der Waals surface area (Å²) in [5.41, 5.74) is 0.513. The number of carbonyl (C=O) groups is 1. The van der Waals surface area contributed by atoms with Crippen molar-refractivity contribution in [1.29, 1.82) is 0 Å². The van der Waals surface area contributed by atoms with Gasteiger partial charge in [0.15, 0.2) is 11.6 Å². The highest BCUT2D eigenvalue weighted by molar-refractivity contribution is 5.88. The van der Waals surface area contributed by atoms with Gasteiger partial charge in [0, 0.05) is 25.3 Å². The lowest BCUT2D eigenvalue weighted by molar-refractivity contribution is 0.161. The Labute approximate surface area is 132 Å². The summed E-state index contributed by atoms with van der Waals surface area (Å²) in [5.74, 6) is 0.123. The van der Waals surface area contributed by atoms with Crippen LogP contribution in [0.3, 0.4) is 0 Å². The number of ether oxygens (including phenoxy) is 1. The fourth-order valence-electron chi connectivity index (χ4n) is 1.92. The van der Waals surface area contributed by atoms with Crippen molar-refractivity contribution in [1.82, 2.24) is 10.5 Å². The number of aromatic nitrogens is 1. The summed E-state index contributed by atoms with van der Waals surface area (Å²) in [5, 5.41) is 18.0. The Hall–Kier alpha value is -2.45. The maximum absolute atomic E-state index is 13.2. The molecule has 0 bridgehead atoms. The number of halogens is 1. The predicted molar refractivity (Wildman–Crippen MR) is 81.4 cm³/mol. The molecule has 7 nitrogen and oxygen atoms in total. The zero-order valence-electron chi connectivity index (χ0n) is 12.6. The van der Waals surface area contributed by atoms with Crippen LogP contribution < -0.4 is 10.6 Å². The standard InChI is InChI=1S/C15H18FN3O4/c1-22-6-5-12(9-20)17-15(21)18-14-8-13(23-19-14)10-3-2-4-11(16)7-10/h2-4,7-8,12,20H,5-6,9H2,1H3,(H2,17,18,19,21)/t12-/m1/s1. The molecule has 8 heteroatoms. The Balaban J connectivity index is 1.94. The second-order valence-corrected chi connectivity index (χ2v) is 4.85. The maximum atomic E-state index is 13.2. The first kappa shape index (κ1) is 16.9. The number of nitrogens with one attached hydrogen (secondary N) is 2. The van der Waals surface area contributed by atoms with Gasteiger partial charge in [0.1, 0.15) is 5.82 Å². The second kappa shape index (κ2) is 8.25. The normalized spacial score (nSPS) is 12.0. The molecule has 0 saturated heterocycles. The van der Waals surface area contributed by atoms with Crippen molar-refractivity contribution in [2.24, 2.45) is 0 Å². The number of nitrogens with zero attached hydrogens (tertiary/aromatic N) is 1. The quantitative estimate of drug-likeness (QED) is 0.724. The predicted octanol–water partition coefficient (Wildman–Crippen LogP) is 2.00. The molecule has 0 unspecified atom stereocenters. The highest BCUT2D eigenvalue weighted by Crippen LogP contribution is 2.22. The van der Waals surface area contributed by atoms with Crippen LogP contribution in [-0.4, -0.2) is 42.7 Å². The van der Waals surface area contributed by atoms with Crippen molar-refractivity contribution < 1.29 is 23.6 Å². The number of hydrogen-bond donors (Lipinski definition) is 3. The summed E-state index contributed by atoms with van der Waals surface area (Å²) in [4.78, 5) is 11.8. The Morgan fingerprint density at radius 2 is 2.30 bits per heavy atom. The number of amides is 2. The van der Waals surface area contributed by atoms with Gasteiger partial charge in [-0.15, -0.1) is 0 Å². The molecule has 1 aromatic heterocycles. The van der Waals surface area contributed by atoms with E-state index in [0.29, 0.717) is 24.4 Å². The average molecular weight is 323 g/mol. The molecule has 1 heterocycles. The van der Waals surface area contributed by atoms with Crippen LogP contribution in [0.15, 0.2) is 34.9 Å². The molecule has 3 N–H and O–H groups in total. The van der Waals surface area contributed by atoms with Crippen LogP contribution in [-0.2, 0) is 4.74 Å². The zero-order valence-corrected chi connectivity index (χ0v) is 12.6. The van der Waals surface area contributed by atoms with Crippen molar-refractivity contribution in [3.8, 4) is 11.3 Å². The third-order valence-electron chi connectivity index (χ3n) is 3.09. The molecule has 0 spiro atoms. The molecule has 0 saturated carbocycles. The van der Waals surface area contributed by atoms with Crippen LogP contribution in [0, 0.1) is 5.82 Å². The van der Waals surface area contributed by atoms with Gasteiger partial charge in [-0.05, 0) is 18.6 Å². The molecule has 0 aliphatic heterocycles. The summed E-state index contributed by atoms with van der Waals surface area (Å²) in [6, 6.07) is 6.37. The Morgan fingerprint density at radius 3 is 3.00 bits per heavy atom. The summed E-state index contributed by atoms with van der Waals surface area (Å²) >= 11 is 0. The number of anilines is 1. The molecule has 0 fully saturated rings. The van der Waals surface area contributed by atoms with E-state index in [0.717, 1.165) is 0 Å². The number of hydrogen-bond acceptors (Lipinski definition) is 5. The Bertz CT molecular complexity index is 647. The molecular formula is C15H18FN3O4. The largest absolute Gasteiger partial charge is 0.394 e. The van der Waals surface area contributed by atoms with E-state index in [1.807, 2.05) is 0 Å². The van der Waals surface area contributed by atoms with Gasteiger partial charge in [-0.2, -0.15) is 0 Å². The summed E-state index contributed by atoms with van der Waals surface area (Å²) < 4.78 is 23.1. The maximum Gasteiger partial charge on any atom is 0.320 e. The third-order valence-corrected chi connectivity index (χ3v) is 3.09. The number of aliphatic hydroxyl groups is 1. The van der Waals surface area contributed by atoms with Gasteiger partial charge in [-0.25, -0.2) is 9.18 Å². The Kier molecular flexibility index (Phi) is 6.07. The highest BCUT2D eigenvalue weighted by Gasteiger charge is 2.14.